The number of fused-ring (bicyclic) bond motifs is 1. The van der Waals surface area contributed by atoms with Gasteiger partial charge in [0.15, 0.2) is 5.16 Å². The normalized spacial score (nSPS) is 10.8. The Morgan fingerprint density at radius 3 is 2.95 bits per heavy atom. The number of nitrogens with two attached hydrogens (primary N) is 1. The van der Waals surface area contributed by atoms with Crippen molar-refractivity contribution in [1.29, 1.82) is 0 Å². The smallest absolute Gasteiger partial charge is 0.171 e. The van der Waals surface area contributed by atoms with E-state index < -0.39 is 0 Å². The van der Waals surface area contributed by atoms with Crippen LogP contribution in [0.15, 0.2) is 46.6 Å². The van der Waals surface area contributed by atoms with E-state index in [1.54, 1.807) is 12.3 Å². The van der Waals surface area contributed by atoms with Crippen LogP contribution in [0, 0.1) is 0 Å². The Bertz CT molecular complexity index is 724. The third-order valence-electron chi connectivity index (χ3n) is 2.72. The number of aromatic amines is 1. The summed E-state index contributed by atoms with van der Waals surface area (Å²) >= 11 is 1.52. The van der Waals surface area contributed by atoms with Crippen molar-refractivity contribution in [3.05, 3.63) is 36.5 Å². The number of pyridine rings is 1. The molecule has 0 bridgehead atoms. The van der Waals surface area contributed by atoms with Crippen molar-refractivity contribution >= 4 is 28.6 Å². The van der Waals surface area contributed by atoms with E-state index in [9.17, 15) is 0 Å². The van der Waals surface area contributed by atoms with E-state index in [2.05, 4.69) is 15.0 Å². The van der Waals surface area contributed by atoms with E-state index in [1.807, 2.05) is 31.2 Å². The lowest BCUT2D eigenvalue weighted by molar-refractivity contribution is 0.340. The van der Waals surface area contributed by atoms with Crippen LogP contribution in [-0.4, -0.2) is 21.6 Å². The second-order valence-electron chi connectivity index (χ2n) is 4.17. The molecule has 102 valence electrons. The molecule has 0 saturated heterocycles. The Labute approximate surface area is 120 Å². The maximum atomic E-state index is 5.57. The molecule has 20 heavy (non-hydrogen) atoms. The molecule has 0 aliphatic rings. The number of hydrogen-bond acceptors (Lipinski definition) is 5. The molecule has 3 aromatic rings. The zero-order valence-electron chi connectivity index (χ0n) is 11.0. The summed E-state index contributed by atoms with van der Waals surface area (Å²) in [4.78, 5) is 12.8. The van der Waals surface area contributed by atoms with Crippen molar-refractivity contribution in [2.45, 2.75) is 17.0 Å². The van der Waals surface area contributed by atoms with Gasteiger partial charge in [0.1, 0.15) is 11.6 Å². The number of rotatable bonds is 4. The molecule has 2 heterocycles. The molecule has 3 N–H and O–H groups in total. The number of nitrogen functional groups attached to an aromatic ring is 1. The first kappa shape index (κ1) is 12.8. The SMILES string of the molecule is CCOc1ccc2nc(Sc3ccc(N)nc3)[nH]c2c1. The largest absolute Gasteiger partial charge is 0.494 e. The molecule has 2 aromatic heterocycles. The van der Waals surface area contributed by atoms with E-state index in [0.29, 0.717) is 12.4 Å². The van der Waals surface area contributed by atoms with Crippen molar-refractivity contribution in [3.63, 3.8) is 0 Å². The Morgan fingerprint density at radius 1 is 1.30 bits per heavy atom. The van der Waals surface area contributed by atoms with Gasteiger partial charge in [0.25, 0.3) is 0 Å². The first-order chi connectivity index (χ1) is 9.74. The van der Waals surface area contributed by atoms with Crippen LogP contribution in [0.4, 0.5) is 5.82 Å². The van der Waals surface area contributed by atoms with Crippen LogP contribution in [0.2, 0.25) is 0 Å². The zero-order valence-corrected chi connectivity index (χ0v) is 11.8. The lowest BCUT2D eigenvalue weighted by atomic mass is 10.3. The first-order valence-electron chi connectivity index (χ1n) is 6.26. The van der Waals surface area contributed by atoms with Crippen LogP contribution in [-0.2, 0) is 0 Å². The Kier molecular flexibility index (Phi) is 3.47. The number of hydrogen-bond donors (Lipinski definition) is 2. The molecule has 5 nitrogen and oxygen atoms in total. The van der Waals surface area contributed by atoms with Gasteiger partial charge in [0.2, 0.25) is 0 Å². The van der Waals surface area contributed by atoms with Crippen molar-refractivity contribution in [2.75, 3.05) is 12.3 Å². The Morgan fingerprint density at radius 2 is 2.20 bits per heavy atom. The van der Waals surface area contributed by atoms with Crippen molar-refractivity contribution in [2.24, 2.45) is 0 Å². The van der Waals surface area contributed by atoms with Crippen LogP contribution < -0.4 is 10.5 Å². The molecule has 1 aromatic carbocycles. The van der Waals surface area contributed by atoms with Crippen LogP contribution in [0.5, 0.6) is 5.75 Å². The van der Waals surface area contributed by atoms with E-state index in [1.165, 1.54) is 11.8 Å². The molecular formula is C14H14N4OS. The van der Waals surface area contributed by atoms with E-state index in [0.717, 1.165) is 26.8 Å². The second kappa shape index (κ2) is 5.42. The fourth-order valence-electron chi connectivity index (χ4n) is 1.83. The van der Waals surface area contributed by atoms with Gasteiger partial charge >= 0.3 is 0 Å². The van der Waals surface area contributed by atoms with Gasteiger partial charge in [-0.15, -0.1) is 0 Å². The standard InChI is InChI=1S/C14H14N4OS/c1-2-19-9-3-5-11-12(7-9)18-14(17-11)20-10-4-6-13(15)16-8-10/h3-8H,2H2,1H3,(H2,15,16)(H,17,18). The minimum Gasteiger partial charge on any atom is -0.494 e. The first-order valence-corrected chi connectivity index (χ1v) is 7.08. The predicted octanol–water partition coefficient (Wildman–Crippen LogP) is 3.09. The van der Waals surface area contributed by atoms with Gasteiger partial charge in [-0.25, -0.2) is 9.97 Å². The van der Waals surface area contributed by atoms with Gasteiger partial charge in [-0.1, -0.05) is 11.8 Å². The van der Waals surface area contributed by atoms with Crippen LogP contribution in [0.1, 0.15) is 6.92 Å². The fraction of sp³-hybridized carbons (Fsp3) is 0.143. The Balaban J connectivity index is 1.86. The topological polar surface area (TPSA) is 76.8 Å². The average molecular weight is 286 g/mol. The highest BCUT2D eigenvalue weighted by atomic mass is 32.2. The Hall–Kier alpha value is -2.21. The average Bonchev–Trinajstić information content (AvgIpc) is 2.83. The number of ether oxygens (including phenoxy) is 1. The van der Waals surface area contributed by atoms with Gasteiger partial charge in [-0.3, -0.25) is 0 Å². The maximum Gasteiger partial charge on any atom is 0.171 e. The molecule has 0 radical (unpaired) electrons. The number of aromatic nitrogens is 3. The summed E-state index contributed by atoms with van der Waals surface area (Å²) in [5.41, 5.74) is 7.44. The maximum absolute atomic E-state index is 5.57. The highest BCUT2D eigenvalue weighted by Gasteiger charge is 2.06. The number of anilines is 1. The molecule has 0 saturated carbocycles. The fourth-order valence-corrected chi connectivity index (χ4v) is 2.60. The molecule has 3 rings (SSSR count). The van der Waals surface area contributed by atoms with E-state index in [-0.39, 0.29) is 0 Å². The monoisotopic (exact) mass is 286 g/mol. The summed E-state index contributed by atoms with van der Waals surface area (Å²) in [6.07, 6.45) is 1.73. The van der Waals surface area contributed by atoms with Crippen LogP contribution >= 0.6 is 11.8 Å². The molecule has 0 spiro atoms. The molecule has 0 aliphatic carbocycles. The minimum atomic E-state index is 0.514. The summed E-state index contributed by atoms with van der Waals surface area (Å²) < 4.78 is 5.48. The summed E-state index contributed by atoms with van der Waals surface area (Å²) in [6, 6.07) is 9.52. The highest BCUT2D eigenvalue weighted by Crippen LogP contribution is 2.28. The highest BCUT2D eigenvalue weighted by molar-refractivity contribution is 7.99. The molecular weight excluding hydrogens is 272 g/mol. The number of H-pyrrole nitrogens is 1. The van der Waals surface area contributed by atoms with Gasteiger partial charge in [-0.2, -0.15) is 0 Å². The van der Waals surface area contributed by atoms with Gasteiger partial charge in [0.05, 0.1) is 17.6 Å². The van der Waals surface area contributed by atoms with E-state index >= 15 is 0 Å². The van der Waals surface area contributed by atoms with Gasteiger partial charge in [0, 0.05) is 17.2 Å². The van der Waals surface area contributed by atoms with Crippen LogP contribution in [0.25, 0.3) is 11.0 Å². The minimum absolute atomic E-state index is 0.514. The summed E-state index contributed by atoms with van der Waals surface area (Å²) in [7, 11) is 0. The third-order valence-corrected chi connectivity index (χ3v) is 3.58. The molecule has 0 unspecified atom stereocenters. The molecule has 0 aliphatic heterocycles. The van der Waals surface area contributed by atoms with Crippen molar-refractivity contribution in [3.8, 4) is 5.75 Å². The number of nitrogens with zero attached hydrogens (tertiary/aromatic N) is 2. The summed E-state index contributed by atoms with van der Waals surface area (Å²) in [5.74, 6) is 1.36. The molecule has 0 fully saturated rings. The third kappa shape index (κ3) is 2.70. The number of benzene rings is 1. The predicted molar refractivity (Wildman–Crippen MR) is 80.0 cm³/mol. The molecule has 0 atom stereocenters. The summed E-state index contributed by atoms with van der Waals surface area (Å²) in [5, 5.41) is 0.820. The quantitative estimate of drug-likeness (QED) is 0.770. The lowest BCUT2D eigenvalue weighted by Gasteiger charge is -2.00. The zero-order chi connectivity index (χ0) is 13.9. The lowest BCUT2D eigenvalue weighted by Crippen LogP contribution is -1.90. The van der Waals surface area contributed by atoms with Crippen molar-refractivity contribution < 1.29 is 4.74 Å². The van der Waals surface area contributed by atoms with Gasteiger partial charge < -0.3 is 15.5 Å². The van der Waals surface area contributed by atoms with Crippen molar-refractivity contribution in [1.82, 2.24) is 15.0 Å². The second-order valence-corrected chi connectivity index (χ2v) is 5.24. The van der Waals surface area contributed by atoms with E-state index in [4.69, 9.17) is 10.5 Å². The number of nitrogens with one attached hydrogen (secondary N) is 1. The number of imidazole rings is 1. The van der Waals surface area contributed by atoms with Gasteiger partial charge in [-0.05, 0) is 31.2 Å². The summed E-state index contributed by atoms with van der Waals surface area (Å²) in [6.45, 7) is 2.62. The van der Waals surface area contributed by atoms with Crippen LogP contribution in [0.3, 0.4) is 0 Å². The molecule has 0 amide bonds. The molecule has 6 heteroatoms.